The number of rotatable bonds is 22. The molecule has 0 N–H and O–H groups in total. The summed E-state index contributed by atoms with van der Waals surface area (Å²) < 4.78 is 0. The van der Waals surface area contributed by atoms with Gasteiger partial charge in [-0.1, -0.05) is 142 Å². The van der Waals surface area contributed by atoms with Crippen LogP contribution in [0.3, 0.4) is 0 Å². The molecule has 0 saturated heterocycles. The lowest BCUT2D eigenvalue weighted by molar-refractivity contribution is 0.550. The van der Waals surface area contributed by atoms with Crippen molar-refractivity contribution in [2.24, 2.45) is 0 Å². The normalized spacial score (nSPS) is 10.8. The summed E-state index contributed by atoms with van der Waals surface area (Å²) in [5, 5.41) is 0. The summed E-state index contributed by atoms with van der Waals surface area (Å²) in [5.41, 5.74) is 0. The molecule has 166 valence electrons. The average Bonchev–Trinajstić information content (AvgIpc) is 2.71. The van der Waals surface area contributed by atoms with E-state index in [1.165, 1.54) is 141 Å². The first kappa shape index (κ1) is 27.6. The molecule has 0 fully saturated rings. The van der Waals surface area contributed by atoms with Crippen molar-refractivity contribution >= 4 is 0 Å². The SMILES string of the molecule is CCCCCCCCCCCCCC#CCCCCCCCCCCCCC. The lowest BCUT2D eigenvalue weighted by Crippen LogP contribution is -1.82. The van der Waals surface area contributed by atoms with Crippen LogP contribution in [0.1, 0.15) is 168 Å². The molecule has 0 spiro atoms. The lowest BCUT2D eigenvalue weighted by Gasteiger charge is -2.01. The zero-order chi connectivity index (χ0) is 20.4. The largest absolute Gasteiger partial charge is 0.103 e. The van der Waals surface area contributed by atoms with Gasteiger partial charge < -0.3 is 0 Å². The summed E-state index contributed by atoms with van der Waals surface area (Å²) in [6, 6.07) is 0. The first-order valence-corrected chi connectivity index (χ1v) is 13.4. The lowest BCUT2D eigenvalue weighted by atomic mass is 10.0. The standard InChI is InChI=1S/C28H54/c1-3-5-7-9-11-13-15-17-19-21-23-25-27-28-26-24-22-20-18-16-14-12-10-8-6-4-2/h3-26H2,1-2H3. The van der Waals surface area contributed by atoms with E-state index in [0.717, 1.165) is 12.8 Å². The van der Waals surface area contributed by atoms with E-state index in [1.807, 2.05) is 0 Å². The molecule has 0 aromatic heterocycles. The summed E-state index contributed by atoms with van der Waals surface area (Å²) in [6.07, 6.45) is 33.6. The Bertz CT molecular complexity index is 289. The van der Waals surface area contributed by atoms with E-state index in [-0.39, 0.29) is 0 Å². The van der Waals surface area contributed by atoms with Gasteiger partial charge in [-0.25, -0.2) is 0 Å². The van der Waals surface area contributed by atoms with Crippen LogP contribution in [-0.4, -0.2) is 0 Å². The highest BCUT2D eigenvalue weighted by Crippen LogP contribution is 2.13. The van der Waals surface area contributed by atoms with Crippen LogP contribution in [0.15, 0.2) is 0 Å². The molecular formula is C28H54. The molecule has 0 atom stereocenters. The van der Waals surface area contributed by atoms with Crippen molar-refractivity contribution in [3.63, 3.8) is 0 Å². The molecule has 0 bridgehead atoms. The van der Waals surface area contributed by atoms with Crippen LogP contribution in [0.25, 0.3) is 0 Å². The van der Waals surface area contributed by atoms with E-state index >= 15 is 0 Å². The second-order valence-corrected chi connectivity index (χ2v) is 8.92. The van der Waals surface area contributed by atoms with Gasteiger partial charge in [-0.15, -0.1) is 11.8 Å². The van der Waals surface area contributed by atoms with Crippen LogP contribution < -0.4 is 0 Å². The first-order chi connectivity index (χ1) is 13.9. The Kier molecular flexibility index (Phi) is 26.1. The van der Waals surface area contributed by atoms with Gasteiger partial charge >= 0.3 is 0 Å². The molecule has 28 heavy (non-hydrogen) atoms. The molecule has 0 unspecified atom stereocenters. The highest BCUT2D eigenvalue weighted by atomic mass is 14.0. The molecule has 0 amide bonds. The molecule has 0 aliphatic heterocycles. The maximum atomic E-state index is 3.40. The molecule has 0 aliphatic rings. The van der Waals surface area contributed by atoms with Crippen molar-refractivity contribution in [3.05, 3.63) is 0 Å². The summed E-state index contributed by atoms with van der Waals surface area (Å²) >= 11 is 0. The smallest absolute Gasteiger partial charge is 0.00886 e. The van der Waals surface area contributed by atoms with Gasteiger partial charge in [0.2, 0.25) is 0 Å². The summed E-state index contributed by atoms with van der Waals surface area (Å²) in [6.45, 7) is 4.59. The highest BCUT2D eigenvalue weighted by Gasteiger charge is 1.93. The van der Waals surface area contributed by atoms with Crippen molar-refractivity contribution < 1.29 is 0 Å². The van der Waals surface area contributed by atoms with Gasteiger partial charge in [-0.3, -0.25) is 0 Å². The molecule has 0 rings (SSSR count). The third-order valence-electron chi connectivity index (χ3n) is 5.94. The minimum atomic E-state index is 1.13. The molecule has 0 saturated carbocycles. The van der Waals surface area contributed by atoms with Crippen molar-refractivity contribution in [1.29, 1.82) is 0 Å². The molecule has 0 radical (unpaired) electrons. The van der Waals surface area contributed by atoms with E-state index in [2.05, 4.69) is 25.7 Å². The molecule has 0 heteroatoms. The molecular weight excluding hydrogens is 336 g/mol. The van der Waals surface area contributed by atoms with E-state index in [1.54, 1.807) is 0 Å². The molecule has 0 aromatic rings. The van der Waals surface area contributed by atoms with Gasteiger partial charge in [0.25, 0.3) is 0 Å². The fourth-order valence-electron chi connectivity index (χ4n) is 3.93. The van der Waals surface area contributed by atoms with Gasteiger partial charge in [0.05, 0.1) is 0 Å². The molecule has 0 aromatic carbocycles. The third-order valence-corrected chi connectivity index (χ3v) is 5.94. The van der Waals surface area contributed by atoms with Gasteiger partial charge in [-0.05, 0) is 12.8 Å². The Morgan fingerprint density at radius 3 is 0.750 bits per heavy atom. The van der Waals surface area contributed by atoms with Crippen LogP contribution in [0.4, 0.5) is 0 Å². The Hall–Kier alpha value is -0.440. The highest BCUT2D eigenvalue weighted by molar-refractivity contribution is 4.98. The predicted octanol–water partition coefficient (Wildman–Crippen LogP) is 10.4. The van der Waals surface area contributed by atoms with Crippen LogP contribution >= 0.6 is 0 Å². The Labute approximate surface area is 180 Å². The zero-order valence-electron chi connectivity index (χ0n) is 20.0. The second-order valence-electron chi connectivity index (χ2n) is 8.92. The Morgan fingerprint density at radius 1 is 0.286 bits per heavy atom. The van der Waals surface area contributed by atoms with E-state index < -0.39 is 0 Å². The second kappa shape index (κ2) is 26.6. The maximum absolute atomic E-state index is 3.40. The topological polar surface area (TPSA) is 0 Å². The Balaban J connectivity index is 3.08. The van der Waals surface area contributed by atoms with Crippen LogP contribution in [-0.2, 0) is 0 Å². The van der Waals surface area contributed by atoms with Crippen molar-refractivity contribution in [2.75, 3.05) is 0 Å². The van der Waals surface area contributed by atoms with Crippen LogP contribution in [0.2, 0.25) is 0 Å². The monoisotopic (exact) mass is 390 g/mol. The van der Waals surface area contributed by atoms with Gasteiger partial charge in [0, 0.05) is 12.8 Å². The Morgan fingerprint density at radius 2 is 0.500 bits per heavy atom. The number of hydrogen-bond donors (Lipinski definition) is 0. The summed E-state index contributed by atoms with van der Waals surface area (Å²) in [4.78, 5) is 0. The van der Waals surface area contributed by atoms with Crippen molar-refractivity contribution in [1.82, 2.24) is 0 Å². The zero-order valence-corrected chi connectivity index (χ0v) is 20.0. The molecule has 0 nitrogen and oxygen atoms in total. The van der Waals surface area contributed by atoms with Crippen molar-refractivity contribution in [3.8, 4) is 11.8 Å². The van der Waals surface area contributed by atoms with E-state index in [0.29, 0.717) is 0 Å². The maximum Gasteiger partial charge on any atom is 0.00886 e. The molecule has 0 heterocycles. The fourth-order valence-corrected chi connectivity index (χ4v) is 3.93. The quantitative estimate of drug-likeness (QED) is 0.127. The van der Waals surface area contributed by atoms with E-state index in [9.17, 15) is 0 Å². The molecule has 0 aliphatic carbocycles. The van der Waals surface area contributed by atoms with Gasteiger partial charge in [0.1, 0.15) is 0 Å². The fraction of sp³-hybridized carbons (Fsp3) is 0.929. The van der Waals surface area contributed by atoms with E-state index in [4.69, 9.17) is 0 Å². The summed E-state index contributed by atoms with van der Waals surface area (Å²) in [7, 11) is 0. The number of unbranched alkanes of at least 4 members (excludes halogenated alkanes) is 22. The minimum absolute atomic E-state index is 1.13. The minimum Gasteiger partial charge on any atom is -0.103 e. The summed E-state index contributed by atoms with van der Waals surface area (Å²) in [5.74, 6) is 6.80. The van der Waals surface area contributed by atoms with Crippen molar-refractivity contribution in [2.45, 2.75) is 168 Å². The van der Waals surface area contributed by atoms with Gasteiger partial charge in [-0.2, -0.15) is 0 Å². The van der Waals surface area contributed by atoms with Crippen LogP contribution in [0.5, 0.6) is 0 Å². The average molecular weight is 391 g/mol. The van der Waals surface area contributed by atoms with Gasteiger partial charge in [0.15, 0.2) is 0 Å². The third kappa shape index (κ3) is 25.6. The first-order valence-electron chi connectivity index (χ1n) is 13.4. The van der Waals surface area contributed by atoms with Crippen LogP contribution in [0, 0.1) is 11.8 Å². The predicted molar refractivity (Wildman–Crippen MR) is 130 cm³/mol. The number of hydrogen-bond acceptors (Lipinski definition) is 0.